The minimum atomic E-state index is -3.91. The van der Waals surface area contributed by atoms with E-state index in [1.165, 1.54) is 0 Å². The van der Waals surface area contributed by atoms with Gasteiger partial charge in [0.1, 0.15) is 5.75 Å². The van der Waals surface area contributed by atoms with Crippen molar-refractivity contribution in [2.45, 2.75) is 13.3 Å². The van der Waals surface area contributed by atoms with Gasteiger partial charge in [0.25, 0.3) is 0 Å². The van der Waals surface area contributed by atoms with Crippen molar-refractivity contribution in [3.8, 4) is 5.75 Å². The van der Waals surface area contributed by atoms with E-state index in [2.05, 4.69) is 5.32 Å². The number of hydrogen-bond acceptors (Lipinski definition) is 5. The third-order valence-corrected chi connectivity index (χ3v) is 4.33. The summed E-state index contributed by atoms with van der Waals surface area (Å²) in [6.45, 7) is 3.91. The first kappa shape index (κ1) is 16.3. The van der Waals surface area contributed by atoms with Crippen molar-refractivity contribution in [1.29, 1.82) is 0 Å². The second-order valence-corrected chi connectivity index (χ2v) is 7.49. The molecule has 7 heteroatoms. The molecule has 1 rings (SSSR count). The number of hydrogen-bond donors (Lipinski definition) is 2. The predicted molar refractivity (Wildman–Crippen MR) is 78.2 cm³/mol. The van der Waals surface area contributed by atoms with Crippen LogP contribution in [0.5, 0.6) is 5.75 Å². The Hall–Kier alpha value is -0.760. The summed E-state index contributed by atoms with van der Waals surface area (Å²) in [5.41, 5.74) is 1.16. The lowest BCUT2D eigenvalue weighted by atomic mass is 10.2. The number of ether oxygens (including phenoxy) is 1. The van der Waals surface area contributed by atoms with Crippen LogP contribution in [-0.2, 0) is 9.15 Å². The van der Waals surface area contributed by atoms with Crippen LogP contribution in [0.4, 0.5) is 0 Å². The first-order valence-corrected chi connectivity index (χ1v) is 8.94. The Morgan fingerprint density at radius 1 is 1.37 bits per heavy atom. The molecule has 0 fully saturated rings. The van der Waals surface area contributed by atoms with Gasteiger partial charge in [0.2, 0.25) is 0 Å². The van der Waals surface area contributed by atoms with E-state index in [1.807, 2.05) is 31.2 Å². The third-order valence-electron chi connectivity index (χ3n) is 2.27. The molecule has 19 heavy (non-hydrogen) atoms. The highest BCUT2D eigenvalue weighted by Crippen LogP contribution is 2.12. The summed E-state index contributed by atoms with van der Waals surface area (Å²) < 4.78 is 34.9. The summed E-state index contributed by atoms with van der Waals surface area (Å²) in [5.74, 6) is 1.19. The molecular formula is C12H19NO4S2. The van der Waals surface area contributed by atoms with E-state index in [0.717, 1.165) is 24.3 Å². The first-order valence-electron chi connectivity index (χ1n) is 5.99. The van der Waals surface area contributed by atoms with Gasteiger partial charge in [-0.3, -0.25) is 4.55 Å². The van der Waals surface area contributed by atoms with E-state index in [0.29, 0.717) is 29.7 Å². The maximum absolute atomic E-state index is 10.4. The van der Waals surface area contributed by atoms with Crippen LogP contribution in [0.15, 0.2) is 24.3 Å². The lowest BCUT2D eigenvalue weighted by Gasteiger charge is -2.07. The quantitative estimate of drug-likeness (QED) is 0.412. The van der Waals surface area contributed by atoms with Crippen LogP contribution in [0.1, 0.15) is 12.0 Å². The first-order chi connectivity index (χ1) is 8.97. The average Bonchev–Trinajstić information content (AvgIpc) is 2.31. The molecule has 0 atom stereocenters. The lowest BCUT2D eigenvalue weighted by Crippen LogP contribution is -2.20. The molecule has 2 N–H and O–H groups in total. The van der Waals surface area contributed by atoms with Crippen LogP contribution >= 0.6 is 10.8 Å². The highest BCUT2D eigenvalue weighted by atomic mass is 33.1. The summed E-state index contributed by atoms with van der Waals surface area (Å²) in [5, 5.41) is 3.08. The molecule has 1 aromatic carbocycles. The largest absolute Gasteiger partial charge is 0.494 e. The standard InChI is InChI=1S/C12H19NO4S2/c1-11-4-2-5-12(10-11)17-8-3-6-13-7-9-18-19(14,15)16/h2,4-5,10,13H,3,6-9H2,1H3,(H,14,15,16). The molecule has 0 saturated carbocycles. The fraction of sp³-hybridized carbons (Fsp3) is 0.500. The molecule has 1 aromatic rings. The fourth-order valence-corrected chi connectivity index (χ4v) is 2.76. The SMILES string of the molecule is Cc1cccc(OCCCNCCSS(=O)(=O)O)c1. The van der Waals surface area contributed by atoms with E-state index >= 15 is 0 Å². The van der Waals surface area contributed by atoms with Crippen molar-refractivity contribution in [3.05, 3.63) is 29.8 Å². The monoisotopic (exact) mass is 305 g/mol. The molecule has 5 nitrogen and oxygen atoms in total. The summed E-state index contributed by atoms with van der Waals surface area (Å²) in [6.07, 6.45) is 0.838. The van der Waals surface area contributed by atoms with Gasteiger partial charge in [-0.1, -0.05) is 12.1 Å². The van der Waals surface area contributed by atoms with Gasteiger partial charge in [-0.25, -0.2) is 0 Å². The van der Waals surface area contributed by atoms with E-state index in [-0.39, 0.29) is 0 Å². The smallest absolute Gasteiger partial charge is 0.319 e. The lowest BCUT2D eigenvalue weighted by molar-refractivity contribution is 0.308. The Labute approximate surface area is 117 Å². The number of aryl methyl sites for hydroxylation is 1. The van der Waals surface area contributed by atoms with Gasteiger partial charge in [0.05, 0.1) is 6.61 Å². The molecule has 0 spiro atoms. The van der Waals surface area contributed by atoms with Gasteiger partial charge in [-0.2, -0.15) is 8.42 Å². The highest BCUT2D eigenvalue weighted by molar-refractivity contribution is 8.69. The molecule has 0 aliphatic heterocycles. The van der Waals surface area contributed by atoms with Gasteiger partial charge < -0.3 is 10.1 Å². The molecule has 0 aliphatic carbocycles. The highest BCUT2D eigenvalue weighted by Gasteiger charge is 2.03. The van der Waals surface area contributed by atoms with Gasteiger partial charge >= 0.3 is 9.15 Å². The zero-order valence-corrected chi connectivity index (χ0v) is 12.5. The molecule has 0 saturated heterocycles. The molecule has 108 valence electrons. The van der Waals surface area contributed by atoms with E-state index < -0.39 is 9.15 Å². The molecule has 0 bridgehead atoms. The zero-order chi connectivity index (χ0) is 14.1. The zero-order valence-electron chi connectivity index (χ0n) is 10.8. The maximum atomic E-state index is 10.4. The Bertz CT molecular complexity index is 476. The molecular weight excluding hydrogens is 286 g/mol. The molecule has 0 aliphatic rings. The van der Waals surface area contributed by atoms with Gasteiger partial charge in [-0.05, 0) is 48.4 Å². The topological polar surface area (TPSA) is 75.6 Å². The van der Waals surface area contributed by atoms with Crippen LogP contribution in [0.3, 0.4) is 0 Å². The van der Waals surface area contributed by atoms with Crippen molar-refractivity contribution < 1.29 is 17.7 Å². The Kier molecular flexibility index (Phi) is 7.22. The summed E-state index contributed by atoms with van der Waals surface area (Å²) in [4.78, 5) is 0. The second-order valence-electron chi connectivity index (χ2n) is 4.02. The van der Waals surface area contributed by atoms with Crippen LogP contribution in [-0.4, -0.2) is 38.4 Å². The Morgan fingerprint density at radius 3 is 2.84 bits per heavy atom. The maximum Gasteiger partial charge on any atom is 0.319 e. The Balaban J connectivity index is 2.00. The number of nitrogens with one attached hydrogen (secondary N) is 1. The second kappa shape index (κ2) is 8.42. The fourth-order valence-electron chi connectivity index (χ4n) is 1.44. The normalized spacial score (nSPS) is 11.5. The van der Waals surface area contributed by atoms with Crippen molar-refractivity contribution >= 4 is 19.9 Å². The average molecular weight is 305 g/mol. The number of benzene rings is 1. The molecule has 0 heterocycles. The number of rotatable bonds is 9. The van der Waals surface area contributed by atoms with Gasteiger partial charge in [0.15, 0.2) is 0 Å². The molecule has 0 aromatic heterocycles. The molecule has 0 amide bonds. The van der Waals surface area contributed by atoms with E-state index in [4.69, 9.17) is 9.29 Å². The van der Waals surface area contributed by atoms with Crippen molar-refractivity contribution in [2.75, 3.05) is 25.4 Å². The van der Waals surface area contributed by atoms with Crippen LogP contribution in [0.25, 0.3) is 0 Å². The summed E-state index contributed by atoms with van der Waals surface area (Å²) in [6, 6.07) is 7.87. The van der Waals surface area contributed by atoms with Crippen molar-refractivity contribution in [2.24, 2.45) is 0 Å². The molecule has 0 unspecified atom stereocenters. The summed E-state index contributed by atoms with van der Waals surface area (Å²) in [7, 11) is -3.38. The van der Waals surface area contributed by atoms with E-state index in [1.54, 1.807) is 0 Å². The van der Waals surface area contributed by atoms with Crippen LogP contribution < -0.4 is 10.1 Å². The van der Waals surface area contributed by atoms with Gasteiger partial charge in [0, 0.05) is 12.3 Å². The minimum Gasteiger partial charge on any atom is -0.494 e. The summed E-state index contributed by atoms with van der Waals surface area (Å²) >= 11 is 0. The Morgan fingerprint density at radius 2 is 2.16 bits per heavy atom. The van der Waals surface area contributed by atoms with Crippen LogP contribution in [0, 0.1) is 6.92 Å². The molecule has 0 radical (unpaired) electrons. The third kappa shape index (κ3) is 8.88. The predicted octanol–water partition coefficient (Wildman–Crippen LogP) is 1.89. The van der Waals surface area contributed by atoms with E-state index in [9.17, 15) is 8.42 Å². The van der Waals surface area contributed by atoms with Crippen molar-refractivity contribution in [3.63, 3.8) is 0 Å². The van der Waals surface area contributed by atoms with Crippen LogP contribution in [0.2, 0.25) is 0 Å². The van der Waals surface area contributed by atoms with Crippen molar-refractivity contribution in [1.82, 2.24) is 5.32 Å². The van der Waals surface area contributed by atoms with Gasteiger partial charge in [-0.15, -0.1) is 0 Å². The minimum absolute atomic E-state index is 0.331.